The topological polar surface area (TPSA) is 82.2 Å². The number of amides is 1. The summed E-state index contributed by atoms with van der Waals surface area (Å²) in [6.45, 7) is 3.85. The monoisotopic (exact) mass is 554 g/mol. The Labute approximate surface area is 221 Å². The fourth-order valence-corrected chi connectivity index (χ4v) is 6.24. The van der Waals surface area contributed by atoms with E-state index >= 15 is 0 Å². The van der Waals surface area contributed by atoms with Crippen LogP contribution >= 0.6 is 0 Å². The Morgan fingerprint density at radius 3 is 2.50 bits per heavy atom. The molecule has 8 nitrogen and oxygen atoms in total. The summed E-state index contributed by atoms with van der Waals surface area (Å²) in [5, 5.41) is 2.98. The molecule has 0 aromatic heterocycles. The minimum absolute atomic E-state index is 0.109. The van der Waals surface area contributed by atoms with E-state index < -0.39 is 21.8 Å². The number of likely N-dealkylation sites (N-methyl/N-ethyl adjacent to an activating group) is 1. The zero-order valence-electron chi connectivity index (χ0n) is 21.3. The van der Waals surface area contributed by atoms with Gasteiger partial charge in [0.1, 0.15) is 12.4 Å². The maximum atomic E-state index is 13.0. The van der Waals surface area contributed by atoms with Crippen LogP contribution < -0.4 is 10.1 Å². The van der Waals surface area contributed by atoms with Crippen molar-refractivity contribution in [2.24, 2.45) is 0 Å². The van der Waals surface area contributed by atoms with Crippen molar-refractivity contribution in [1.82, 2.24) is 19.4 Å². The van der Waals surface area contributed by atoms with E-state index in [0.29, 0.717) is 38.7 Å². The quantitative estimate of drug-likeness (QED) is 0.487. The van der Waals surface area contributed by atoms with Crippen LogP contribution in [-0.2, 0) is 27.5 Å². The van der Waals surface area contributed by atoms with E-state index in [-0.39, 0.29) is 29.9 Å². The number of halogens is 3. The fourth-order valence-electron chi connectivity index (χ4n) is 4.77. The molecule has 0 bridgehead atoms. The summed E-state index contributed by atoms with van der Waals surface area (Å²) >= 11 is 0. The SMILES string of the molecule is CN(Cc1cccc(OCCN2CCN(S(=O)(=O)c3cccc(C(F)(F)F)c3)CC2)c1)CC1CCC(=O)N1. The average molecular weight is 555 g/mol. The summed E-state index contributed by atoms with van der Waals surface area (Å²) in [7, 11) is -1.99. The highest BCUT2D eigenvalue weighted by Crippen LogP contribution is 2.31. The van der Waals surface area contributed by atoms with Crippen LogP contribution in [0, 0.1) is 0 Å². The summed E-state index contributed by atoms with van der Waals surface area (Å²) in [5.41, 5.74) is 0.120. The second kappa shape index (κ2) is 12.0. The van der Waals surface area contributed by atoms with Gasteiger partial charge in [0.2, 0.25) is 15.9 Å². The molecule has 0 spiro atoms. The predicted octanol–water partition coefficient (Wildman–Crippen LogP) is 2.80. The summed E-state index contributed by atoms with van der Waals surface area (Å²) in [4.78, 5) is 15.3. The van der Waals surface area contributed by atoms with Crippen molar-refractivity contribution < 1.29 is 31.1 Å². The minimum atomic E-state index is -4.60. The average Bonchev–Trinajstić information content (AvgIpc) is 3.28. The Morgan fingerprint density at radius 1 is 1.08 bits per heavy atom. The van der Waals surface area contributed by atoms with Crippen LogP contribution in [0.25, 0.3) is 0 Å². The molecule has 1 unspecified atom stereocenters. The lowest BCUT2D eigenvalue weighted by atomic mass is 10.1. The lowest BCUT2D eigenvalue weighted by Gasteiger charge is -2.33. The lowest BCUT2D eigenvalue weighted by Crippen LogP contribution is -2.49. The molecule has 2 aliphatic rings. The van der Waals surface area contributed by atoms with E-state index in [1.165, 1.54) is 10.4 Å². The molecule has 0 radical (unpaired) electrons. The molecule has 1 N–H and O–H groups in total. The molecular formula is C26H33F3N4O4S. The molecule has 2 aromatic carbocycles. The van der Waals surface area contributed by atoms with Crippen LogP contribution in [0.4, 0.5) is 13.2 Å². The second-order valence-corrected chi connectivity index (χ2v) is 11.7. The van der Waals surface area contributed by atoms with Crippen LogP contribution in [0.5, 0.6) is 5.75 Å². The number of nitrogens with one attached hydrogen (secondary N) is 1. The van der Waals surface area contributed by atoms with Crippen molar-refractivity contribution >= 4 is 15.9 Å². The molecule has 38 heavy (non-hydrogen) atoms. The number of piperazine rings is 1. The Hall–Kier alpha value is -2.67. The Bertz CT molecular complexity index is 1220. The van der Waals surface area contributed by atoms with Crippen LogP contribution in [0.3, 0.4) is 0 Å². The van der Waals surface area contributed by atoms with Gasteiger partial charge >= 0.3 is 6.18 Å². The number of rotatable bonds is 10. The van der Waals surface area contributed by atoms with Gasteiger partial charge in [-0.2, -0.15) is 17.5 Å². The number of nitrogens with zero attached hydrogens (tertiary/aromatic N) is 3. The first-order valence-electron chi connectivity index (χ1n) is 12.6. The van der Waals surface area contributed by atoms with E-state index in [2.05, 4.69) is 15.1 Å². The van der Waals surface area contributed by atoms with Gasteiger partial charge in [-0.3, -0.25) is 9.69 Å². The molecule has 208 valence electrons. The highest BCUT2D eigenvalue weighted by molar-refractivity contribution is 7.89. The summed E-state index contributed by atoms with van der Waals surface area (Å²) in [6, 6.07) is 11.9. The van der Waals surface area contributed by atoms with Crippen molar-refractivity contribution in [2.75, 3.05) is 52.9 Å². The number of benzene rings is 2. The normalized spacial score (nSPS) is 19.6. The number of alkyl halides is 3. The van der Waals surface area contributed by atoms with Crippen molar-refractivity contribution in [3.63, 3.8) is 0 Å². The Morgan fingerprint density at radius 2 is 1.82 bits per heavy atom. The number of carbonyl (C=O) groups excluding carboxylic acids is 1. The lowest BCUT2D eigenvalue weighted by molar-refractivity contribution is -0.137. The third-order valence-corrected chi connectivity index (χ3v) is 8.67. The minimum Gasteiger partial charge on any atom is -0.492 e. The van der Waals surface area contributed by atoms with Gasteiger partial charge in [-0.15, -0.1) is 0 Å². The molecule has 12 heteroatoms. The number of hydrogen-bond acceptors (Lipinski definition) is 6. The third-order valence-electron chi connectivity index (χ3n) is 6.77. The number of carbonyl (C=O) groups is 1. The fraction of sp³-hybridized carbons (Fsp3) is 0.500. The third kappa shape index (κ3) is 7.46. The molecule has 2 aliphatic heterocycles. The molecule has 2 fully saturated rings. The number of ether oxygens (including phenoxy) is 1. The van der Waals surface area contributed by atoms with E-state index in [4.69, 9.17) is 4.74 Å². The molecule has 0 aliphatic carbocycles. The standard InChI is InChI=1S/C26H33F3N4O4S/c1-31(19-22-8-9-25(34)30-22)18-20-4-2-6-23(16-20)37-15-14-32-10-12-33(13-11-32)38(35,36)24-7-3-5-21(17-24)26(27,28)29/h2-7,16-17,22H,8-15,18-19H2,1H3,(H,30,34). The zero-order chi connectivity index (χ0) is 27.3. The van der Waals surface area contributed by atoms with Gasteiger partial charge in [-0.25, -0.2) is 8.42 Å². The smallest absolute Gasteiger partial charge is 0.416 e. The summed E-state index contributed by atoms with van der Waals surface area (Å²) < 4.78 is 72.0. The van der Waals surface area contributed by atoms with Gasteiger partial charge in [0.25, 0.3) is 0 Å². The van der Waals surface area contributed by atoms with Crippen molar-refractivity contribution in [3.8, 4) is 5.75 Å². The largest absolute Gasteiger partial charge is 0.492 e. The number of sulfonamides is 1. The highest BCUT2D eigenvalue weighted by Gasteiger charge is 2.34. The molecule has 2 aromatic rings. The Kier molecular flexibility index (Phi) is 8.96. The van der Waals surface area contributed by atoms with Gasteiger partial charge in [0.05, 0.1) is 10.5 Å². The maximum Gasteiger partial charge on any atom is 0.416 e. The van der Waals surface area contributed by atoms with Gasteiger partial charge in [-0.1, -0.05) is 18.2 Å². The van der Waals surface area contributed by atoms with Gasteiger partial charge in [-0.05, 0) is 49.4 Å². The second-order valence-electron chi connectivity index (χ2n) is 9.77. The molecule has 0 saturated carbocycles. The van der Waals surface area contributed by atoms with E-state index in [9.17, 15) is 26.4 Å². The predicted molar refractivity (Wildman–Crippen MR) is 136 cm³/mol. The summed E-state index contributed by atoms with van der Waals surface area (Å²) in [5.74, 6) is 0.855. The van der Waals surface area contributed by atoms with Crippen LogP contribution in [-0.4, -0.2) is 87.4 Å². The van der Waals surface area contributed by atoms with Gasteiger partial charge < -0.3 is 15.0 Å². The molecule has 4 rings (SSSR count). The van der Waals surface area contributed by atoms with E-state index in [0.717, 1.165) is 43.0 Å². The summed E-state index contributed by atoms with van der Waals surface area (Å²) in [6.07, 6.45) is -3.16. The van der Waals surface area contributed by atoms with Crippen molar-refractivity contribution in [1.29, 1.82) is 0 Å². The first-order valence-corrected chi connectivity index (χ1v) is 14.0. The van der Waals surface area contributed by atoms with E-state index in [1.807, 2.05) is 31.3 Å². The van der Waals surface area contributed by atoms with Gasteiger partial charge in [0, 0.05) is 58.3 Å². The van der Waals surface area contributed by atoms with E-state index in [1.54, 1.807) is 0 Å². The zero-order valence-corrected chi connectivity index (χ0v) is 22.1. The first kappa shape index (κ1) is 28.3. The molecule has 2 heterocycles. The molecule has 2 saturated heterocycles. The van der Waals surface area contributed by atoms with Crippen LogP contribution in [0.2, 0.25) is 0 Å². The van der Waals surface area contributed by atoms with Crippen molar-refractivity contribution in [2.45, 2.75) is 36.5 Å². The maximum absolute atomic E-state index is 13.0. The molecule has 1 amide bonds. The molecular weight excluding hydrogens is 521 g/mol. The molecule has 1 atom stereocenters. The van der Waals surface area contributed by atoms with Gasteiger partial charge in [0.15, 0.2) is 0 Å². The first-order chi connectivity index (χ1) is 18.0. The van der Waals surface area contributed by atoms with Crippen LogP contribution in [0.15, 0.2) is 53.4 Å². The Balaban J connectivity index is 1.22. The number of hydrogen-bond donors (Lipinski definition) is 1. The van der Waals surface area contributed by atoms with Crippen molar-refractivity contribution in [3.05, 3.63) is 59.7 Å². The van der Waals surface area contributed by atoms with Crippen LogP contribution in [0.1, 0.15) is 24.0 Å². The highest BCUT2D eigenvalue weighted by atomic mass is 32.2.